The van der Waals surface area contributed by atoms with Crippen molar-refractivity contribution in [2.45, 2.75) is 47.5 Å². The van der Waals surface area contributed by atoms with E-state index in [0.717, 1.165) is 74.2 Å². The number of benzene rings is 4. The van der Waals surface area contributed by atoms with Crippen LogP contribution in [0.3, 0.4) is 0 Å². The first-order valence-electron chi connectivity index (χ1n) is 16.3. The molecule has 3 aromatic heterocycles. The summed E-state index contributed by atoms with van der Waals surface area (Å²) in [4.78, 5) is 4.80. The van der Waals surface area contributed by atoms with Crippen molar-refractivity contribution in [1.29, 1.82) is 0 Å². The molecular weight excluding hydrogens is 776 g/mol. The summed E-state index contributed by atoms with van der Waals surface area (Å²) in [6, 6.07) is 33.8. The number of aryl methyl sites for hydroxylation is 3. The summed E-state index contributed by atoms with van der Waals surface area (Å²) in [6.45, 7) is 11.4. The van der Waals surface area contributed by atoms with Gasteiger partial charge in [-0.05, 0) is 103 Å². The third-order valence-corrected chi connectivity index (χ3v) is 8.51. The van der Waals surface area contributed by atoms with E-state index in [1.807, 2.05) is 54.5 Å². The van der Waals surface area contributed by atoms with E-state index >= 15 is 0 Å². The number of rotatable bonds is 10. The molecule has 0 N–H and O–H groups in total. The topological polar surface area (TPSA) is 54.1 Å². The second kappa shape index (κ2) is 14.2. The Morgan fingerprint density at radius 2 is 1.65 bits per heavy atom. The van der Waals surface area contributed by atoms with Crippen LogP contribution in [0.5, 0.6) is 17.2 Å². The summed E-state index contributed by atoms with van der Waals surface area (Å²) in [5.74, 6) is 3.60. The van der Waals surface area contributed by atoms with Crippen molar-refractivity contribution in [1.82, 2.24) is 19.3 Å². The molecule has 0 unspecified atom stereocenters. The maximum absolute atomic E-state index is 6.39. The molecule has 7 aromatic rings. The molecule has 0 radical (unpaired) electrons. The fourth-order valence-corrected chi connectivity index (χ4v) is 6.33. The number of pyridine rings is 1. The van der Waals surface area contributed by atoms with Crippen LogP contribution in [0.2, 0.25) is 0 Å². The van der Waals surface area contributed by atoms with Gasteiger partial charge in [0.25, 0.3) is 0 Å². The molecule has 7 rings (SSSR count). The Morgan fingerprint density at radius 1 is 0.854 bits per heavy atom. The SMILES string of the molecule is CCOc1cc(C)c(-c2cnn(-c3[c-]c(Oc4[c-]c5c(cc4)c4ccccc4n5-c4cc(CCC(C)C)ccn4)ccc3)c2)c(C)c1.[Pt+2]. The van der Waals surface area contributed by atoms with Crippen LogP contribution >= 0.6 is 0 Å². The zero-order valence-corrected chi connectivity index (χ0v) is 30.1. The second-order valence-electron chi connectivity index (χ2n) is 12.4. The van der Waals surface area contributed by atoms with Crippen LogP contribution in [-0.4, -0.2) is 25.9 Å². The first-order valence-corrected chi connectivity index (χ1v) is 16.3. The minimum Gasteiger partial charge on any atom is -0.509 e. The molecule has 0 aliphatic heterocycles. The Labute approximate surface area is 296 Å². The van der Waals surface area contributed by atoms with E-state index < -0.39 is 0 Å². The molecule has 0 aliphatic rings. The van der Waals surface area contributed by atoms with Gasteiger partial charge in [-0.3, -0.25) is 4.68 Å². The minimum atomic E-state index is 0. The average molecular weight is 814 g/mol. The zero-order valence-electron chi connectivity index (χ0n) is 27.9. The number of para-hydroxylation sites is 1. The van der Waals surface area contributed by atoms with Crippen molar-refractivity contribution in [2.75, 3.05) is 6.61 Å². The van der Waals surface area contributed by atoms with E-state index in [1.165, 1.54) is 5.56 Å². The number of aromatic nitrogens is 4. The quantitative estimate of drug-likeness (QED) is 0.129. The predicted molar refractivity (Wildman–Crippen MR) is 189 cm³/mol. The molecule has 0 saturated carbocycles. The first-order chi connectivity index (χ1) is 22.9. The molecule has 7 heteroatoms. The van der Waals surface area contributed by atoms with E-state index in [4.69, 9.17) is 14.5 Å². The van der Waals surface area contributed by atoms with Crippen LogP contribution in [-0.2, 0) is 27.5 Å². The standard InChI is InChI=1S/C41H38N4O2.Pt/c1-6-46-35-20-28(4)41(29(5)21-35)31-25-43-44(26-31)32-10-9-11-33(23-32)47-34-16-17-37-36-12-7-8-13-38(36)45(39(37)24-34)40-22-30(18-19-42-40)15-14-27(2)3;/h7-13,16-22,25-27H,6,14-15H2,1-5H3;/q-2;+2. The first kappa shape index (κ1) is 33.2. The van der Waals surface area contributed by atoms with E-state index in [2.05, 4.69) is 104 Å². The van der Waals surface area contributed by atoms with Gasteiger partial charge in [0.2, 0.25) is 0 Å². The van der Waals surface area contributed by atoms with Crippen molar-refractivity contribution < 1.29 is 30.5 Å². The van der Waals surface area contributed by atoms with Gasteiger partial charge in [-0.1, -0.05) is 37.6 Å². The largest absolute Gasteiger partial charge is 2.00 e. The van der Waals surface area contributed by atoms with Crippen LogP contribution < -0.4 is 9.47 Å². The van der Waals surface area contributed by atoms with Gasteiger partial charge in [0.15, 0.2) is 0 Å². The molecule has 0 saturated heterocycles. The van der Waals surface area contributed by atoms with Crippen LogP contribution in [0.25, 0.3) is 44.4 Å². The Bertz CT molecular complexity index is 2190. The van der Waals surface area contributed by atoms with Crippen molar-refractivity contribution in [2.24, 2.45) is 5.92 Å². The van der Waals surface area contributed by atoms with E-state index in [1.54, 1.807) is 0 Å². The van der Waals surface area contributed by atoms with Gasteiger partial charge in [-0.2, -0.15) is 17.2 Å². The number of hydrogen-bond donors (Lipinski definition) is 0. The molecule has 4 aromatic carbocycles. The normalized spacial score (nSPS) is 11.3. The number of ether oxygens (including phenoxy) is 2. The van der Waals surface area contributed by atoms with Gasteiger partial charge < -0.3 is 14.0 Å². The van der Waals surface area contributed by atoms with Crippen LogP contribution in [0.1, 0.15) is 43.9 Å². The predicted octanol–water partition coefficient (Wildman–Crippen LogP) is 10.0. The molecule has 6 nitrogen and oxygen atoms in total. The third kappa shape index (κ3) is 6.68. The molecule has 3 heterocycles. The Hall–Kier alpha value is -4.67. The summed E-state index contributed by atoms with van der Waals surface area (Å²) >= 11 is 0. The Balaban J connectivity index is 0.00000401. The zero-order chi connectivity index (χ0) is 32.5. The maximum Gasteiger partial charge on any atom is 2.00 e. The molecule has 0 aliphatic carbocycles. The van der Waals surface area contributed by atoms with Gasteiger partial charge >= 0.3 is 21.1 Å². The summed E-state index contributed by atoms with van der Waals surface area (Å²) in [5, 5.41) is 6.93. The molecule has 0 bridgehead atoms. The molecule has 0 spiro atoms. The monoisotopic (exact) mass is 813 g/mol. The summed E-state index contributed by atoms with van der Waals surface area (Å²) in [5.41, 5.74) is 8.57. The van der Waals surface area contributed by atoms with Gasteiger partial charge in [0.05, 0.1) is 12.8 Å². The summed E-state index contributed by atoms with van der Waals surface area (Å²) in [6.07, 6.45) is 7.99. The van der Waals surface area contributed by atoms with E-state index in [9.17, 15) is 0 Å². The van der Waals surface area contributed by atoms with Gasteiger partial charge in [-0.25, -0.2) is 4.98 Å². The second-order valence-corrected chi connectivity index (χ2v) is 12.4. The minimum absolute atomic E-state index is 0. The number of hydrogen-bond acceptors (Lipinski definition) is 4. The number of fused-ring (bicyclic) bond motifs is 3. The van der Waals surface area contributed by atoms with Crippen LogP contribution in [0, 0.1) is 31.9 Å². The van der Waals surface area contributed by atoms with Crippen molar-refractivity contribution in [3.63, 3.8) is 0 Å². The maximum atomic E-state index is 6.39. The summed E-state index contributed by atoms with van der Waals surface area (Å²) in [7, 11) is 0. The fourth-order valence-electron chi connectivity index (χ4n) is 6.33. The Kier molecular flexibility index (Phi) is 9.84. The van der Waals surface area contributed by atoms with Crippen LogP contribution in [0.15, 0.2) is 97.5 Å². The molecule has 0 amide bonds. The van der Waals surface area contributed by atoms with Crippen LogP contribution in [0.4, 0.5) is 0 Å². The van der Waals surface area contributed by atoms with Crippen molar-refractivity contribution in [3.05, 3.63) is 126 Å². The van der Waals surface area contributed by atoms with E-state index in [-0.39, 0.29) is 21.1 Å². The molecular formula is C41H38N4O2Pt. The number of nitrogens with zero attached hydrogens (tertiary/aromatic N) is 4. The van der Waals surface area contributed by atoms with E-state index in [0.29, 0.717) is 24.0 Å². The van der Waals surface area contributed by atoms with Gasteiger partial charge in [0.1, 0.15) is 11.6 Å². The third-order valence-electron chi connectivity index (χ3n) is 8.51. The van der Waals surface area contributed by atoms with Crippen molar-refractivity contribution >= 4 is 21.8 Å². The summed E-state index contributed by atoms with van der Waals surface area (Å²) < 4.78 is 16.1. The molecule has 0 fully saturated rings. The van der Waals surface area contributed by atoms with Gasteiger partial charge in [-0.15, -0.1) is 35.7 Å². The van der Waals surface area contributed by atoms with Gasteiger partial charge in [0, 0.05) is 35.0 Å². The van der Waals surface area contributed by atoms with Crippen molar-refractivity contribution in [3.8, 4) is 39.9 Å². The molecule has 0 atom stereocenters. The fraction of sp³-hybridized carbons (Fsp3) is 0.220. The molecule has 48 heavy (non-hydrogen) atoms. The smallest absolute Gasteiger partial charge is 0.509 e. The Morgan fingerprint density at radius 3 is 2.44 bits per heavy atom. The average Bonchev–Trinajstić information content (AvgIpc) is 3.67. The molecule has 244 valence electrons.